The Kier molecular flexibility index (Phi) is 4.66. The second-order valence-electron chi connectivity index (χ2n) is 5.30. The average Bonchev–Trinajstić information content (AvgIpc) is 2.79. The Morgan fingerprint density at radius 3 is 2.85 bits per heavy atom. The lowest BCUT2D eigenvalue weighted by atomic mass is 10.2. The largest absolute Gasteiger partial charge is 0.494 e. The van der Waals surface area contributed by atoms with Gasteiger partial charge in [-0.15, -0.1) is 0 Å². The monoisotopic (exact) mass is 274 g/mol. The summed E-state index contributed by atoms with van der Waals surface area (Å²) in [5.41, 5.74) is 1.05. The maximum Gasteiger partial charge on any atom is 0.239 e. The molecule has 0 aliphatic heterocycles. The second kappa shape index (κ2) is 6.46. The van der Waals surface area contributed by atoms with Gasteiger partial charge in [-0.2, -0.15) is 0 Å². The highest BCUT2D eigenvalue weighted by molar-refractivity contribution is 5.84. The standard InChI is InChI=1S/C16H22N2O2/c1-4-20-14-5-6-15-13(9-14)7-8-18(15)11-16(19)17-10-12(2)3/h5-9,12H,4,10-11H2,1-3H3,(H,17,19). The first kappa shape index (κ1) is 14.4. The van der Waals surface area contributed by atoms with E-state index in [0.717, 1.165) is 16.7 Å². The van der Waals surface area contributed by atoms with Crippen LogP contribution < -0.4 is 10.1 Å². The summed E-state index contributed by atoms with van der Waals surface area (Å²) >= 11 is 0. The minimum Gasteiger partial charge on any atom is -0.494 e. The first-order valence-electron chi connectivity index (χ1n) is 7.08. The predicted octanol–water partition coefficient (Wildman–Crippen LogP) is 2.81. The molecular formula is C16H22N2O2. The Morgan fingerprint density at radius 2 is 2.15 bits per heavy atom. The van der Waals surface area contributed by atoms with Gasteiger partial charge >= 0.3 is 0 Å². The molecule has 0 aliphatic rings. The van der Waals surface area contributed by atoms with Crippen molar-refractivity contribution in [3.05, 3.63) is 30.5 Å². The molecule has 0 saturated heterocycles. The van der Waals surface area contributed by atoms with E-state index in [9.17, 15) is 4.79 Å². The summed E-state index contributed by atoms with van der Waals surface area (Å²) < 4.78 is 7.44. The number of amides is 1. The van der Waals surface area contributed by atoms with Crippen LogP contribution in [0.25, 0.3) is 10.9 Å². The minimum atomic E-state index is 0.0464. The van der Waals surface area contributed by atoms with Crippen molar-refractivity contribution >= 4 is 16.8 Å². The van der Waals surface area contributed by atoms with Gasteiger partial charge in [0.1, 0.15) is 12.3 Å². The van der Waals surface area contributed by atoms with Crippen molar-refractivity contribution in [2.45, 2.75) is 27.3 Å². The van der Waals surface area contributed by atoms with Gasteiger partial charge in [-0.3, -0.25) is 4.79 Å². The van der Waals surface area contributed by atoms with Crippen molar-refractivity contribution in [3.8, 4) is 5.75 Å². The van der Waals surface area contributed by atoms with Crippen molar-refractivity contribution in [1.29, 1.82) is 0 Å². The highest BCUT2D eigenvalue weighted by Gasteiger charge is 2.07. The van der Waals surface area contributed by atoms with E-state index >= 15 is 0 Å². The minimum absolute atomic E-state index is 0.0464. The molecule has 1 amide bonds. The molecule has 0 spiro atoms. The van der Waals surface area contributed by atoms with E-state index in [1.807, 2.05) is 42.0 Å². The van der Waals surface area contributed by atoms with Gasteiger partial charge in [-0.05, 0) is 37.1 Å². The van der Waals surface area contributed by atoms with Crippen LogP contribution in [0.3, 0.4) is 0 Å². The number of rotatable bonds is 6. The number of carbonyl (C=O) groups is 1. The summed E-state index contributed by atoms with van der Waals surface area (Å²) in [5.74, 6) is 1.38. The molecule has 20 heavy (non-hydrogen) atoms. The number of carbonyl (C=O) groups excluding carboxylic acids is 1. The topological polar surface area (TPSA) is 43.3 Å². The fourth-order valence-electron chi connectivity index (χ4n) is 2.10. The number of hydrogen-bond donors (Lipinski definition) is 1. The second-order valence-corrected chi connectivity index (χ2v) is 5.30. The Balaban J connectivity index is 2.09. The van der Waals surface area contributed by atoms with Crippen LogP contribution >= 0.6 is 0 Å². The van der Waals surface area contributed by atoms with Crippen molar-refractivity contribution in [3.63, 3.8) is 0 Å². The van der Waals surface area contributed by atoms with Crippen molar-refractivity contribution in [2.75, 3.05) is 13.2 Å². The summed E-state index contributed by atoms with van der Waals surface area (Å²) in [4.78, 5) is 11.9. The highest BCUT2D eigenvalue weighted by Crippen LogP contribution is 2.22. The summed E-state index contributed by atoms with van der Waals surface area (Å²) in [6.45, 7) is 7.86. The summed E-state index contributed by atoms with van der Waals surface area (Å²) in [7, 11) is 0. The van der Waals surface area contributed by atoms with Crippen LogP contribution in [0.15, 0.2) is 30.5 Å². The molecule has 108 valence electrons. The third-order valence-corrected chi connectivity index (χ3v) is 3.07. The van der Waals surface area contributed by atoms with Crippen LogP contribution in [0, 0.1) is 5.92 Å². The molecule has 0 fully saturated rings. The van der Waals surface area contributed by atoms with Crippen molar-refractivity contribution in [1.82, 2.24) is 9.88 Å². The molecule has 2 aromatic rings. The lowest BCUT2D eigenvalue weighted by molar-refractivity contribution is -0.121. The predicted molar refractivity (Wildman–Crippen MR) is 81.0 cm³/mol. The zero-order valence-electron chi connectivity index (χ0n) is 12.3. The number of nitrogens with one attached hydrogen (secondary N) is 1. The molecule has 0 bridgehead atoms. The Hall–Kier alpha value is -1.97. The molecule has 0 atom stereocenters. The van der Waals surface area contributed by atoms with Crippen LogP contribution in [-0.4, -0.2) is 23.6 Å². The molecule has 1 heterocycles. The van der Waals surface area contributed by atoms with E-state index in [1.54, 1.807) is 0 Å². The van der Waals surface area contributed by atoms with Gasteiger partial charge in [0.2, 0.25) is 5.91 Å². The molecule has 2 rings (SSSR count). The smallest absolute Gasteiger partial charge is 0.239 e. The average molecular weight is 274 g/mol. The van der Waals surface area contributed by atoms with Gasteiger partial charge in [-0.25, -0.2) is 0 Å². The van der Waals surface area contributed by atoms with Crippen LogP contribution in [-0.2, 0) is 11.3 Å². The van der Waals surface area contributed by atoms with Gasteiger partial charge in [-0.1, -0.05) is 13.8 Å². The lowest BCUT2D eigenvalue weighted by Crippen LogP contribution is -2.30. The molecule has 1 aromatic heterocycles. The maximum atomic E-state index is 11.9. The SMILES string of the molecule is CCOc1ccc2c(ccn2CC(=O)NCC(C)C)c1. The normalized spacial score (nSPS) is 11.0. The van der Waals surface area contributed by atoms with Gasteiger partial charge < -0.3 is 14.6 Å². The Labute approximate surface area is 119 Å². The lowest BCUT2D eigenvalue weighted by Gasteiger charge is -2.09. The quantitative estimate of drug-likeness (QED) is 0.880. The van der Waals surface area contributed by atoms with Crippen molar-refractivity contribution in [2.24, 2.45) is 5.92 Å². The summed E-state index contributed by atoms with van der Waals surface area (Å²) in [5, 5.41) is 4.02. The van der Waals surface area contributed by atoms with Gasteiger partial charge in [0.15, 0.2) is 0 Å². The summed E-state index contributed by atoms with van der Waals surface area (Å²) in [6, 6.07) is 7.94. The Morgan fingerprint density at radius 1 is 1.35 bits per heavy atom. The van der Waals surface area contributed by atoms with E-state index in [2.05, 4.69) is 19.2 Å². The first-order valence-corrected chi connectivity index (χ1v) is 7.08. The van der Waals surface area contributed by atoms with E-state index in [0.29, 0.717) is 25.6 Å². The van der Waals surface area contributed by atoms with Gasteiger partial charge in [0.05, 0.1) is 6.61 Å². The number of fused-ring (bicyclic) bond motifs is 1. The highest BCUT2D eigenvalue weighted by atomic mass is 16.5. The van der Waals surface area contributed by atoms with Crippen LogP contribution in [0.2, 0.25) is 0 Å². The molecule has 4 heteroatoms. The number of ether oxygens (including phenoxy) is 1. The van der Waals surface area contributed by atoms with E-state index < -0.39 is 0 Å². The van der Waals surface area contributed by atoms with Gasteiger partial charge in [0.25, 0.3) is 0 Å². The Bertz CT molecular complexity index is 587. The molecule has 0 aliphatic carbocycles. The molecule has 1 aromatic carbocycles. The van der Waals surface area contributed by atoms with E-state index in [1.165, 1.54) is 0 Å². The van der Waals surface area contributed by atoms with Crippen molar-refractivity contribution < 1.29 is 9.53 Å². The molecule has 4 nitrogen and oxygen atoms in total. The van der Waals surface area contributed by atoms with Crippen LogP contribution in [0.1, 0.15) is 20.8 Å². The van der Waals surface area contributed by atoms with Gasteiger partial charge in [0, 0.05) is 23.6 Å². The maximum absolute atomic E-state index is 11.9. The summed E-state index contributed by atoms with van der Waals surface area (Å²) in [6.07, 6.45) is 1.94. The first-order chi connectivity index (χ1) is 9.60. The molecular weight excluding hydrogens is 252 g/mol. The third kappa shape index (κ3) is 3.53. The molecule has 0 saturated carbocycles. The number of benzene rings is 1. The third-order valence-electron chi connectivity index (χ3n) is 3.07. The molecule has 0 unspecified atom stereocenters. The zero-order valence-corrected chi connectivity index (χ0v) is 12.3. The zero-order chi connectivity index (χ0) is 14.5. The fraction of sp³-hybridized carbons (Fsp3) is 0.438. The fourth-order valence-corrected chi connectivity index (χ4v) is 2.10. The van der Waals surface area contributed by atoms with E-state index in [-0.39, 0.29) is 5.91 Å². The number of nitrogens with zero attached hydrogens (tertiary/aromatic N) is 1. The molecule has 1 N–H and O–H groups in total. The van der Waals surface area contributed by atoms with Crippen LogP contribution in [0.4, 0.5) is 0 Å². The van der Waals surface area contributed by atoms with Crippen LogP contribution in [0.5, 0.6) is 5.75 Å². The number of aromatic nitrogens is 1. The molecule has 0 radical (unpaired) electrons. The van der Waals surface area contributed by atoms with E-state index in [4.69, 9.17) is 4.74 Å². The number of hydrogen-bond acceptors (Lipinski definition) is 2.